The van der Waals surface area contributed by atoms with Gasteiger partial charge in [0.25, 0.3) is 0 Å². The first-order chi connectivity index (χ1) is 7.61. The van der Waals surface area contributed by atoms with Crippen molar-refractivity contribution in [2.45, 2.75) is 25.4 Å². The zero-order chi connectivity index (χ0) is 12.1. The number of amides is 2. The summed E-state index contributed by atoms with van der Waals surface area (Å²) in [5, 5.41) is 2.57. The van der Waals surface area contributed by atoms with Crippen molar-refractivity contribution in [3.8, 4) is 0 Å². The fourth-order valence-corrected chi connectivity index (χ4v) is 1.98. The fourth-order valence-electron chi connectivity index (χ4n) is 1.98. The van der Waals surface area contributed by atoms with E-state index in [1.807, 2.05) is 11.8 Å². The molecule has 16 heavy (non-hydrogen) atoms. The van der Waals surface area contributed by atoms with Crippen LogP contribution in [0.15, 0.2) is 0 Å². The first-order valence-electron chi connectivity index (χ1n) is 5.46. The Balaban J connectivity index is 2.80. The van der Waals surface area contributed by atoms with E-state index in [4.69, 9.17) is 10.5 Å². The van der Waals surface area contributed by atoms with Crippen LogP contribution in [0.25, 0.3) is 0 Å². The minimum Gasteiger partial charge on any atom is -0.378 e. The van der Waals surface area contributed by atoms with Gasteiger partial charge in [-0.05, 0) is 6.42 Å². The highest BCUT2D eigenvalue weighted by molar-refractivity contribution is 5.84. The molecule has 2 unspecified atom stereocenters. The van der Waals surface area contributed by atoms with Crippen molar-refractivity contribution in [2.24, 2.45) is 5.73 Å². The molecule has 2 amide bonds. The number of hydrogen-bond donors (Lipinski definition) is 2. The van der Waals surface area contributed by atoms with Crippen LogP contribution < -0.4 is 11.1 Å². The van der Waals surface area contributed by atoms with Gasteiger partial charge in [0.2, 0.25) is 11.8 Å². The lowest BCUT2D eigenvalue weighted by atomic mass is 10.1. The summed E-state index contributed by atoms with van der Waals surface area (Å²) in [6.45, 7) is 3.27. The van der Waals surface area contributed by atoms with Gasteiger partial charge in [-0.25, -0.2) is 0 Å². The summed E-state index contributed by atoms with van der Waals surface area (Å²) in [7, 11) is 1.57. The molecule has 1 saturated heterocycles. The van der Waals surface area contributed by atoms with Gasteiger partial charge in [0.1, 0.15) is 6.04 Å². The van der Waals surface area contributed by atoms with Crippen LogP contribution in [0.5, 0.6) is 0 Å². The first kappa shape index (κ1) is 12.9. The Bertz CT molecular complexity index is 270. The molecule has 1 heterocycles. The number of rotatable bonds is 4. The Morgan fingerprint density at radius 3 is 2.81 bits per heavy atom. The average Bonchev–Trinajstić information content (AvgIpc) is 2.29. The zero-order valence-electron chi connectivity index (χ0n) is 9.73. The van der Waals surface area contributed by atoms with Gasteiger partial charge < -0.3 is 15.8 Å². The summed E-state index contributed by atoms with van der Waals surface area (Å²) in [6, 6.07) is -0.817. The van der Waals surface area contributed by atoms with Crippen LogP contribution in [0.2, 0.25) is 0 Å². The maximum absolute atomic E-state index is 11.6. The summed E-state index contributed by atoms with van der Waals surface area (Å²) in [4.78, 5) is 24.8. The van der Waals surface area contributed by atoms with Crippen molar-refractivity contribution in [3.63, 3.8) is 0 Å². The second-order valence-corrected chi connectivity index (χ2v) is 3.77. The summed E-state index contributed by atoms with van der Waals surface area (Å²) in [5.41, 5.74) is 5.33. The Morgan fingerprint density at radius 2 is 2.31 bits per heavy atom. The van der Waals surface area contributed by atoms with Gasteiger partial charge in [-0.1, -0.05) is 6.92 Å². The first-order valence-corrected chi connectivity index (χ1v) is 5.46. The normalized spacial score (nSPS) is 23.8. The van der Waals surface area contributed by atoms with Crippen molar-refractivity contribution in [3.05, 3.63) is 0 Å². The minimum atomic E-state index is -0.420. The van der Waals surface area contributed by atoms with Crippen LogP contribution in [0.3, 0.4) is 0 Å². The lowest BCUT2D eigenvalue weighted by Crippen LogP contribution is -2.59. The number of nitrogens with zero attached hydrogens (tertiary/aromatic N) is 1. The monoisotopic (exact) mass is 229 g/mol. The number of morpholine rings is 1. The maximum atomic E-state index is 11.6. The highest BCUT2D eigenvalue weighted by Gasteiger charge is 2.35. The molecule has 1 rings (SSSR count). The van der Waals surface area contributed by atoms with Crippen LogP contribution in [-0.2, 0) is 14.3 Å². The number of hydrogen-bond acceptors (Lipinski definition) is 4. The number of ether oxygens (including phenoxy) is 1. The Hall–Kier alpha value is -1.14. The Morgan fingerprint density at radius 1 is 1.62 bits per heavy atom. The molecule has 2 atom stereocenters. The topological polar surface area (TPSA) is 84.7 Å². The highest BCUT2D eigenvalue weighted by atomic mass is 16.5. The van der Waals surface area contributed by atoms with E-state index >= 15 is 0 Å². The second kappa shape index (κ2) is 5.81. The Labute approximate surface area is 95.1 Å². The van der Waals surface area contributed by atoms with E-state index in [2.05, 4.69) is 5.32 Å². The maximum Gasteiger partial charge on any atom is 0.239 e. The largest absolute Gasteiger partial charge is 0.378 e. The van der Waals surface area contributed by atoms with Gasteiger partial charge >= 0.3 is 0 Å². The number of primary amides is 1. The SMILES string of the molecule is CCC(C(N)=O)N1CCOCC1C(=O)NC. The quantitative estimate of drug-likeness (QED) is 0.627. The summed E-state index contributed by atoms with van der Waals surface area (Å²) in [5.74, 6) is -0.530. The Kier molecular flexibility index (Phi) is 4.70. The highest BCUT2D eigenvalue weighted by Crippen LogP contribution is 2.13. The number of likely N-dealkylation sites (N-methyl/N-ethyl adjacent to an activating group) is 1. The smallest absolute Gasteiger partial charge is 0.239 e. The van der Waals surface area contributed by atoms with E-state index in [0.29, 0.717) is 26.2 Å². The van der Waals surface area contributed by atoms with Crippen LogP contribution in [0, 0.1) is 0 Å². The summed E-state index contributed by atoms with van der Waals surface area (Å²) >= 11 is 0. The van der Waals surface area contributed by atoms with Gasteiger partial charge in [-0.15, -0.1) is 0 Å². The van der Waals surface area contributed by atoms with E-state index in [0.717, 1.165) is 0 Å². The molecule has 0 aliphatic carbocycles. The molecule has 0 aromatic heterocycles. The molecular weight excluding hydrogens is 210 g/mol. The average molecular weight is 229 g/mol. The van der Waals surface area contributed by atoms with E-state index in [1.165, 1.54) is 0 Å². The number of carbonyl (C=O) groups is 2. The molecule has 0 saturated carbocycles. The van der Waals surface area contributed by atoms with Crippen molar-refractivity contribution in [1.29, 1.82) is 0 Å². The third-order valence-corrected chi connectivity index (χ3v) is 2.83. The van der Waals surface area contributed by atoms with E-state index in [1.54, 1.807) is 7.05 Å². The number of carbonyl (C=O) groups excluding carboxylic acids is 2. The molecule has 6 nitrogen and oxygen atoms in total. The molecule has 92 valence electrons. The standard InChI is InChI=1S/C10H19N3O3/c1-3-7(9(11)14)13-4-5-16-6-8(13)10(15)12-2/h7-8H,3-6H2,1-2H3,(H2,11,14)(H,12,15). The molecule has 6 heteroatoms. The van der Waals surface area contributed by atoms with Gasteiger partial charge in [0.15, 0.2) is 0 Å². The lowest BCUT2D eigenvalue weighted by Gasteiger charge is -2.38. The van der Waals surface area contributed by atoms with Gasteiger partial charge in [-0.2, -0.15) is 0 Å². The lowest BCUT2D eigenvalue weighted by molar-refractivity contribution is -0.138. The number of nitrogens with one attached hydrogen (secondary N) is 1. The molecule has 1 fully saturated rings. The van der Waals surface area contributed by atoms with E-state index in [9.17, 15) is 9.59 Å². The minimum absolute atomic E-state index is 0.139. The molecule has 0 aromatic carbocycles. The van der Waals surface area contributed by atoms with Gasteiger partial charge in [0, 0.05) is 13.6 Å². The van der Waals surface area contributed by atoms with Crippen LogP contribution >= 0.6 is 0 Å². The molecule has 0 spiro atoms. The van der Waals surface area contributed by atoms with Crippen molar-refractivity contribution in [1.82, 2.24) is 10.2 Å². The van der Waals surface area contributed by atoms with Crippen LogP contribution in [0.4, 0.5) is 0 Å². The predicted molar refractivity (Wildman–Crippen MR) is 58.7 cm³/mol. The van der Waals surface area contributed by atoms with Crippen LogP contribution in [-0.4, -0.2) is 55.6 Å². The molecule has 0 radical (unpaired) electrons. The second-order valence-electron chi connectivity index (χ2n) is 3.77. The van der Waals surface area contributed by atoms with Crippen molar-refractivity contribution in [2.75, 3.05) is 26.8 Å². The molecule has 3 N–H and O–H groups in total. The molecule has 1 aliphatic heterocycles. The van der Waals surface area contributed by atoms with Gasteiger partial charge in [0.05, 0.1) is 19.3 Å². The van der Waals surface area contributed by atoms with E-state index in [-0.39, 0.29) is 5.91 Å². The fraction of sp³-hybridized carbons (Fsp3) is 0.800. The van der Waals surface area contributed by atoms with Gasteiger partial charge in [-0.3, -0.25) is 14.5 Å². The summed E-state index contributed by atoms with van der Waals surface area (Å²) in [6.07, 6.45) is 0.600. The molecule has 0 aromatic rings. The number of nitrogens with two attached hydrogens (primary N) is 1. The third-order valence-electron chi connectivity index (χ3n) is 2.83. The van der Waals surface area contributed by atoms with E-state index < -0.39 is 18.0 Å². The van der Waals surface area contributed by atoms with Crippen molar-refractivity contribution < 1.29 is 14.3 Å². The zero-order valence-corrected chi connectivity index (χ0v) is 9.73. The predicted octanol–water partition coefficient (Wildman–Crippen LogP) is -1.30. The molecule has 1 aliphatic rings. The summed E-state index contributed by atoms with van der Waals surface area (Å²) < 4.78 is 5.26. The molecular formula is C10H19N3O3. The van der Waals surface area contributed by atoms with Crippen molar-refractivity contribution >= 4 is 11.8 Å². The van der Waals surface area contributed by atoms with Crippen LogP contribution in [0.1, 0.15) is 13.3 Å². The molecule has 0 bridgehead atoms. The third kappa shape index (κ3) is 2.70.